The van der Waals surface area contributed by atoms with Crippen LogP contribution < -0.4 is 0 Å². The van der Waals surface area contributed by atoms with Crippen LogP contribution in [0.25, 0.3) is 0 Å². The maximum Gasteiger partial charge on any atom is 0 e. The van der Waals surface area contributed by atoms with Crippen molar-refractivity contribution in [1.82, 2.24) is 0 Å². The van der Waals surface area contributed by atoms with Crippen molar-refractivity contribution in [2.24, 2.45) is 0 Å². The van der Waals surface area contributed by atoms with E-state index in [-0.39, 0.29) is 104 Å². The molecule has 0 fully saturated rings. The Bertz CT molecular complexity index is 8.00. The third kappa shape index (κ3) is 8.94. The monoisotopic (exact) mass is 308 g/mol. The normalized spacial score (nSPS) is 0. The van der Waals surface area contributed by atoms with E-state index >= 15 is 0 Å². The maximum atomic E-state index is 0. The molecule has 4 heteroatoms. The van der Waals surface area contributed by atoms with Gasteiger partial charge < -0.3 is 5.48 Å². The summed E-state index contributed by atoms with van der Waals surface area (Å²) in [5.41, 5.74) is 0. The van der Waals surface area contributed by atoms with E-state index in [4.69, 9.17) is 0 Å². The van der Waals surface area contributed by atoms with Gasteiger partial charge in [-0.3, -0.25) is 0 Å². The summed E-state index contributed by atoms with van der Waals surface area (Å²) in [5.74, 6) is 0. The maximum absolute atomic E-state index is 0. The molecule has 0 saturated carbocycles. The van der Waals surface area contributed by atoms with Gasteiger partial charge in [0.1, 0.15) is 0 Å². The standard InChI is InChI=1S/Ba.Cu.H2O.Y.H/h;;1H2;;/q+1;;;;/p-1. The van der Waals surface area contributed by atoms with Gasteiger partial charge in [0.25, 0.3) is 0 Å². The fourth-order valence-corrected chi connectivity index (χ4v) is 0. The average molecular weight is 308 g/mol. The molecule has 0 unspecified atom stereocenters. The molecule has 0 aliphatic carbocycles. The summed E-state index contributed by atoms with van der Waals surface area (Å²) in [4.78, 5) is 0. The fraction of sp³-hybridized carbons (Fsp3) is 0. The molecule has 1 nitrogen and oxygen atoms in total. The molecule has 0 heterocycles. The predicted octanol–water partition coefficient (Wildman–Crippen LogP) is -0.830. The van der Waals surface area contributed by atoms with Gasteiger partial charge in [0, 0.05) is 49.8 Å². The quantitative estimate of drug-likeness (QED) is 0.537. The van der Waals surface area contributed by atoms with Gasteiger partial charge in [-0.1, -0.05) is 0 Å². The third-order valence-corrected chi connectivity index (χ3v) is 0. The Balaban J connectivity index is 0. The van der Waals surface area contributed by atoms with E-state index in [0.717, 1.165) is 0 Å². The smallest absolute Gasteiger partial charge is 0 e. The van der Waals surface area contributed by atoms with Crippen LogP contribution in [-0.4, -0.2) is 54.4 Å². The first kappa shape index (κ1) is 27.2. The molecular formula is H2BaCuOY. The van der Waals surface area contributed by atoms with Crippen LogP contribution in [0.1, 0.15) is 0 Å². The molecule has 0 aromatic carbocycles. The zero-order chi connectivity index (χ0) is 0. The summed E-state index contributed by atoms with van der Waals surface area (Å²) >= 11 is 0. The summed E-state index contributed by atoms with van der Waals surface area (Å²) in [5, 5.41) is 0. The van der Waals surface area contributed by atoms with Gasteiger partial charge in [-0.05, 0) is 0 Å². The van der Waals surface area contributed by atoms with Gasteiger partial charge >= 0.3 is 48.9 Å². The molecule has 0 bridgehead atoms. The number of hydrogen-bond donors (Lipinski definition) is 0. The minimum atomic E-state index is 0. The Kier molecular flexibility index (Phi) is 112. The predicted molar refractivity (Wildman–Crippen MR) is 9.08 cm³/mol. The van der Waals surface area contributed by atoms with Gasteiger partial charge in [-0.15, -0.1) is 0 Å². The molecule has 0 rings (SSSR count). The SMILES string of the molecule is [BaH+].[Cu].[OH-].[Y]. The van der Waals surface area contributed by atoms with Gasteiger partial charge in [-0.25, -0.2) is 0 Å². The van der Waals surface area contributed by atoms with E-state index in [2.05, 4.69) is 0 Å². The fourth-order valence-electron chi connectivity index (χ4n) is 0. The first-order valence-corrected chi connectivity index (χ1v) is 0. The van der Waals surface area contributed by atoms with E-state index < -0.39 is 0 Å². The van der Waals surface area contributed by atoms with Crippen LogP contribution in [0.15, 0.2) is 0 Å². The van der Waals surface area contributed by atoms with Gasteiger partial charge in [0.15, 0.2) is 0 Å². The van der Waals surface area contributed by atoms with Crippen LogP contribution in [0.4, 0.5) is 0 Å². The Labute approximate surface area is 101 Å². The first-order chi connectivity index (χ1) is 0. The first-order valence-electron chi connectivity index (χ1n) is 0. The van der Waals surface area contributed by atoms with E-state index in [0.29, 0.717) is 0 Å². The third-order valence-electron chi connectivity index (χ3n) is 0. The van der Waals surface area contributed by atoms with E-state index in [1.54, 1.807) is 0 Å². The second-order valence-corrected chi connectivity index (χ2v) is 0. The van der Waals surface area contributed by atoms with Crippen molar-refractivity contribution in [2.75, 3.05) is 0 Å². The molecule has 0 aliphatic heterocycles. The minimum Gasteiger partial charge on any atom is -0.870 e. The summed E-state index contributed by atoms with van der Waals surface area (Å²) in [7, 11) is 0. The van der Waals surface area contributed by atoms with Crippen molar-refractivity contribution >= 4 is 48.9 Å². The topological polar surface area (TPSA) is 30.0 Å². The molecule has 0 aromatic heterocycles. The van der Waals surface area contributed by atoms with Gasteiger partial charge in [-0.2, -0.15) is 0 Å². The molecular weight excluding hydrogens is 306 g/mol. The van der Waals surface area contributed by atoms with Crippen LogP contribution in [0.5, 0.6) is 0 Å². The molecule has 0 atom stereocenters. The molecule has 0 saturated heterocycles. The van der Waals surface area contributed by atoms with Gasteiger partial charge in [0.2, 0.25) is 0 Å². The van der Waals surface area contributed by atoms with Crippen molar-refractivity contribution in [2.45, 2.75) is 0 Å². The summed E-state index contributed by atoms with van der Waals surface area (Å²) in [6.07, 6.45) is 0. The summed E-state index contributed by atoms with van der Waals surface area (Å²) in [6.45, 7) is 0. The Morgan fingerprint density at radius 2 is 1.00 bits per heavy atom. The Morgan fingerprint density at radius 3 is 1.00 bits per heavy atom. The van der Waals surface area contributed by atoms with Crippen LogP contribution in [0, 0.1) is 0 Å². The van der Waals surface area contributed by atoms with Gasteiger partial charge in [0.05, 0.1) is 0 Å². The van der Waals surface area contributed by atoms with Crippen molar-refractivity contribution < 1.29 is 55.3 Å². The van der Waals surface area contributed by atoms with E-state index in [1.165, 1.54) is 0 Å². The molecule has 0 amide bonds. The van der Waals surface area contributed by atoms with Crippen molar-refractivity contribution in [3.63, 3.8) is 0 Å². The van der Waals surface area contributed by atoms with Crippen molar-refractivity contribution in [3.8, 4) is 0 Å². The second-order valence-electron chi connectivity index (χ2n) is 0. The summed E-state index contributed by atoms with van der Waals surface area (Å²) in [6, 6.07) is 0. The Morgan fingerprint density at radius 1 is 1.00 bits per heavy atom. The van der Waals surface area contributed by atoms with E-state index in [9.17, 15) is 0 Å². The molecule has 1 N–H and O–H groups in total. The molecule has 24 valence electrons. The zero-order valence-corrected chi connectivity index (χ0v) is 12.4. The van der Waals surface area contributed by atoms with Crippen LogP contribution in [0.3, 0.4) is 0 Å². The number of hydrogen-bond acceptors (Lipinski definition) is 1. The van der Waals surface area contributed by atoms with Crippen LogP contribution >= 0.6 is 0 Å². The van der Waals surface area contributed by atoms with Crippen LogP contribution in [-0.2, 0) is 49.8 Å². The largest absolute Gasteiger partial charge is 0.870 e. The zero-order valence-electron chi connectivity index (χ0n) is 2.33. The minimum absolute atomic E-state index is 0. The average Bonchev–Trinajstić information content (AvgIpc) is 0. The van der Waals surface area contributed by atoms with Crippen LogP contribution in [0.2, 0.25) is 0 Å². The molecule has 0 spiro atoms. The molecule has 2 radical (unpaired) electrons. The van der Waals surface area contributed by atoms with Crippen molar-refractivity contribution in [1.29, 1.82) is 0 Å². The second kappa shape index (κ2) is 16.4. The molecule has 4 heavy (non-hydrogen) atoms. The number of rotatable bonds is 0. The summed E-state index contributed by atoms with van der Waals surface area (Å²) < 4.78 is 0. The van der Waals surface area contributed by atoms with Crippen molar-refractivity contribution in [3.05, 3.63) is 0 Å². The Hall–Kier alpha value is 3.15. The van der Waals surface area contributed by atoms with E-state index in [1.807, 2.05) is 0 Å². The molecule has 0 aromatic rings. The molecule has 0 aliphatic rings.